The lowest BCUT2D eigenvalue weighted by molar-refractivity contribution is 0.490. The van der Waals surface area contributed by atoms with Crippen LogP contribution >= 0.6 is 22.6 Å². The van der Waals surface area contributed by atoms with E-state index in [0.29, 0.717) is 12.0 Å². The molecule has 2 saturated heterocycles. The molecule has 2 aliphatic rings. The molecular weight excluding hydrogens is 349 g/mol. The molecule has 3 heterocycles. The number of halogens is 1. The molecule has 3 nitrogen and oxygen atoms in total. The molecular formula is C15H16IN3. The number of nitrogens with zero attached hydrogens (tertiary/aromatic N) is 1. The van der Waals surface area contributed by atoms with E-state index in [1.165, 1.54) is 28.4 Å². The first-order chi connectivity index (χ1) is 9.29. The average molecular weight is 365 g/mol. The molecule has 1 aromatic heterocycles. The summed E-state index contributed by atoms with van der Waals surface area (Å²) in [6.45, 7) is 0. The number of aromatic amines is 1. The lowest BCUT2D eigenvalue weighted by atomic mass is 9.89. The van der Waals surface area contributed by atoms with Crippen molar-refractivity contribution in [1.82, 2.24) is 15.3 Å². The van der Waals surface area contributed by atoms with Crippen molar-refractivity contribution in [3.8, 4) is 11.3 Å². The van der Waals surface area contributed by atoms with Gasteiger partial charge in [0.15, 0.2) is 0 Å². The summed E-state index contributed by atoms with van der Waals surface area (Å²) < 4.78 is 1.26. The molecule has 2 N–H and O–H groups in total. The normalized spacial score (nSPS) is 29.0. The van der Waals surface area contributed by atoms with Crippen LogP contribution in [0.1, 0.15) is 31.0 Å². The van der Waals surface area contributed by atoms with Crippen molar-refractivity contribution in [3.05, 3.63) is 39.9 Å². The average Bonchev–Trinajstić information content (AvgIpc) is 3.15. The van der Waals surface area contributed by atoms with Gasteiger partial charge in [0.05, 0.1) is 11.9 Å². The summed E-state index contributed by atoms with van der Waals surface area (Å²) in [6.07, 6.45) is 5.86. The highest BCUT2D eigenvalue weighted by Gasteiger charge is 2.41. The number of rotatable bonds is 2. The number of hydrogen-bond acceptors (Lipinski definition) is 2. The largest absolute Gasteiger partial charge is 0.342 e. The van der Waals surface area contributed by atoms with Crippen LogP contribution in [0.15, 0.2) is 30.5 Å². The number of fused-ring (bicyclic) bond motifs is 2. The third-order valence-corrected chi connectivity index (χ3v) is 5.12. The van der Waals surface area contributed by atoms with Crippen LogP contribution < -0.4 is 5.32 Å². The fourth-order valence-electron chi connectivity index (χ4n) is 3.43. The van der Waals surface area contributed by atoms with Crippen LogP contribution in [0.5, 0.6) is 0 Å². The Morgan fingerprint density at radius 3 is 2.68 bits per heavy atom. The van der Waals surface area contributed by atoms with Crippen molar-refractivity contribution in [1.29, 1.82) is 0 Å². The Morgan fingerprint density at radius 2 is 2.00 bits per heavy atom. The molecule has 3 unspecified atom stereocenters. The van der Waals surface area contributed by atoms with Gasteiger partial charge in [0.2, 0.25) is 0 Å². The molecule has 0 spiro atoms. The van der Waals surface area contributed by atoms with Crippen LogP contribution in [0.25, 0.3) is 11.3 Å². The van der Waals surface area contributed by atoms with E-state index in [2.05, 4.69) is 62.1 Å². The van der Waals surface area contributed by atoms with Crippen molar-refractivity contribution in [2.75, 3.05) is 0 Å². The Kier molecular flexibility index (Phi) is 2.88. The molecule has 2 aliphatic heterocycles. The monoisotopic (exact) mass is 365 g/mol. The van der Waals surface area contributed by atoms with E-state index in [4.69, 9.17) is 0 Å². The Morgan fingerprint density at radius 1 is 1.16 bits per heavy atom. The highest BCUT2D eigenvalue weighted by molar-refractivity contribution is 14.1. The topological polar surface area (TPSA) is 40.7 Å². The van der Waals surface area contributed by atoms with E-state index in [1.807, 2.05) is 6.20 Å². The molecule has 1 aromatic carbocycles. The quantitative estimate of drug-likeness (QED) is 0.802. The van der Waals surface area contributed by atoms with Crippen molar-refractivity contribution < 1.29 is 0 Å². The van der Waals surface area contributed by atoms with Crippen LogP contribution in [0.3, 0.4) is 0 Å². The number of nitrogens with one attached hydrogen (secondary N) is 2. The Bertz CT molecular complexity index is 590. The van der Waals surface area contributed by atoms with Crippen LogP contribution in [0, 0.1) is 3.57 Å². The van der Waals surface area contributed by atoms with Crippen molar-refractivity contribution in [2.24, 2.45) is 0 Å². The van der Waals surface area contributed by atoms with Gasteiger partial charge in [-0.15, -0.1) is 0 Å². The molecule has 3 atom stereocenters. The minimum atomic E-state index is 0.580. The van der Waals surface area contributed by atoms with Gasteiger partial charge in [-0.1, -0.05) is 12.1 Å². The first-order valence-electron chi connectivity index (χ1n) is 6.86. The van der Waals surface area contributed by atoms with Crippen LogP contribution in [-0.4, -0.2) is 22.1 Å². The fourth-order valence-corrected chi connectivity index (χ4v) is 3.79. The van der Waals surface area contributed by atoms with Crippen molar-refractivity contribution >= 4 is 22.6 Å². The maximum absolute atomic E-state index is 4.62. The van der Waals surface area contributed by atoms with Gasteiger partial charge in [0, 0.05) is 21.6 Å². The second-order valence-corrected chi connectivity index (χ2v) is 6.82. The van der Waals surface area contributed by atoms with Crippen LogP contribution in [0.4, 0.5) is 0 Å². The Balaban J connectivity index is 1.61. The molecule has 2 fully saturated rings. The minimum Gasteiger partial charge on any atom is -0.342 e. The van der Waals surface area contributed by atoms with Gasteiger partial charge in [0.1, 0.15) is 5.82 Å². The third kappa shape index (κ3) is 2.10. The maximum Gasteiger partial charge on any atom is 0.111 e. The lowest BCUT2D eigenvalue weighted by Crippen LogP contribution is -2.22. The van der Waals surface area contributed by atoms with Crippen LogP contribution in [-0.2, 0) is 0 Å². The highest BCUT2D eigenvalue weighted by atomic mass is 127. The third-order valence-electron chi connectivity index (χ3n) is 4.40. The molecule has 0 saturated carbocycles. The van der Waals surface area contributed by atoms with Gasteiger partial charge < -0.3 is 10.3 Å². The van der Waals surface area contributed by atoms with E-state index in [0.717, 1.165) is 17.6 Å². The molecule has 0 radical (unpaired) electrons. The molecule has 0 amide bonds. The molecule has 2 bridgehead atoms. The van der Waals surface area contributed by atoms with Gasteiger partial charge in [0.25, 0.3) is 0 Å². The Labute approximate surface area is 126 Å². The predicted octanol–water partition coefficient (Wildman–Crippen LogP) is 3.29. The SMILES string of the molecule is Ic1ccc(-c2cnc(C3CC4CCC3N4)[nH]2)cc1. The Hall–Kier alpha value is -0.880. The van der Waals surface area contributed by atoms with E-state index in [9.17, 15) is 0 Å². The van der Waals surface area contributed by atoms with Crippen molar-refractivity contribution in [3.63, 3.8) is 0 Å². The van der Waals surface area contributed by atoms with E-state index in [-0.39, 0.29) is 0 Å². The minimum absolute atomic E-state index is 0.580. The first kappa shape index (κ1) is 11.9. The predicted molar refractivity (Wildman–Crippen MR) is 84.0 cm³/mol. The summed E-state index contributed by atoms with van der Waals surface area (Å²) in [7, 11) is 0. The second kappa shape index (κ2) is 4.59. The van der Waals surface area contributed by atoms with Crippen molar-refractivity contribution in [2.45, 2.75) is 37.3 Å². The van der Waals surface area contributed by atoms with Crippen LogP contribution in [0.2, 0.25) is 0 Å². The smallest absolute Gasteiger partial charge is 0.111 e. The molecule has 4 heteroatoms. The van der Waals surface area contributed by atoms with E-state index < -0.39 is 0 Å². The summed E-state index contributed by atoms with van der Waals surface area (Å²) in [5, 5.41) is 3.67. The molecule has 4 rings (SSSR count). The first-order valence-corrected chi connectivity index (χ1v) is 7.94. The highest BCUT2D eigenvalue weighted by Crippen LogP contribution is 2.39. The van der Waals surface area contributed by atoms with Gasteiger partial charge in [-0.25, -0.2) is 4.98 Å². The van der Waals surface area contributed by atoms with E-state index >= 15 is 0 Å². The van der Waals surface area contributed by atoms with Gasteiger partial charge >= 0.3 is 0 Å². The zero-order chi connectivity index (χ0) is 12.8. The standard InChI is InChI=1S/C15H16IN3/c16-10-3-1-9(2-4-10)14-8-17-15(19-14)12-7-11-5-6-13(12)18-11/h1-4,8,11-13,18H,5-7H2,(H,17,19). The number of benzene rings is 1. The fraction of sp³-hybridized carbons (Fsp3) is 0.400. The van der Waals surface area contributed by atoms with E-state index in [1.54, 1.807) is 0 Å². The molecule has 19 heavy (non-hydrogen) atoms. The summed E-state index contributed by atoms with van der Waals surface area (Å²) in [6, 6.07) is 9.93. The molecule has 0 aliphatic carbocycles. The maximum atomic E-state index is 4.62. The summed E-state index contributed by atoms with van der Waals surface area (Å²) in [5.74, 6) is 1.74. The zero-order valence-corrected chi connectivity index (χ0v) is 12.7. The lowest BCUT2D eigenvalue weighted by Gasteiger charge is -2.17. The number of imidazole rings is 1. The summed E-state index contributed by atoms with van der Waals surface area (Å²) >= 11 is 2.33. The number of H-pyrrole nitrogens is 1. The summed E-state index contributed by atoms with van der Waals surface area (Å²) in [5.41, 5.74) is 2.35. The zero-order valence-electron chi connectivity index (χ0n) is 10.6. The summed E-state index contributed by atoms with van der Waals surface area (Å²) in [4.78, 5) is 8.14. The van der Waals surface area contributed by atoms with Gasteiger partial charge in [-0.2, -0.15) is 0 Å². The molecule has 2 aromatic rings. The van der Waals surface area contributed by atoms with Gasteiger partial charge in [-0.3, -0.25) is 0 Å². The van der Waals surface area contributed by atoms with Gasteiger partial charge in [-0.05, 0) is 59.5 Å². The molecule has 98 valence electrons. The number of hydrogen-bond donors (Lipinski definition) is 2. The second-order valence-electron chi connectivity index (χ2n) is 5.58. The number of aromatic nitrogens is 2.